The average molecular weight is 154 g/mol. The van der Waals surface area contributed by atoms with Gasteiger partial charge in [0.15, 0.2) is 5.78 Å². The van der Waals surface area contributed by atoms with Crippen LogP contribution in [-0.2, 0) is 9.53 Å². The largest absolute Gasteiger partial charge is 0.353 e. The zero-order chi connectivity index (χ0) is 8.11. The quantitative estimate of drug-likeness (QED) is 0.530. The van der Waals surface area contributed by atoms with Gasteiger partial charge in [0.2, 0.25) is 0 Å². The summed E-state index contributed by atoms with van der Waals surface area (Å²) in [4.78, 5) is 11.6. The predicted molar refractivity (Wildman–Crippen MR) is 41.4 cm³/mol. The molecule has 1 aliphatic heterocycles. The minimum Gasteiger partial charge on any atom is -0.353 e. The summed E-state index contributed by atoms with van der Waals surface area (Å²) >= 11 is 0. The fraction of sp³-hybridized carbons (Fsp3) is 0.889. The SMILES string of the molecule is CC1(C)OC2(CCCC2)C1=O. The lowest BCUT2D eigenvalue weighted by atomic mass is 9.78. The second kappa shape index (κ2) is 1.86. The van der Waals surface area contributed by atoms with Crippen LogP contribution in [0.1, 0.15) is 39.5 Å². The van der Waals surface area contributed by atoms with Gasteiger partial charge < -0.3 is 4.74 Å². The van der Waals surface area contributed by atoms with Crippen molar-refractivity contribution >= 4 is 5.78 Å². The van der Waals surface area contributed by atoms with Crippen molar-refractivity contribution in [1.29, 1.82) is 0 Å². The fourth-order valence-electron chi connectivity index (χ4n) is 2.36. The van der Waals surface area contributed by atoms with Crippen molar-refractivity contribution in [2.45, 2.75) is 50.7 Å². The van der Waals surface area contributed by atoms with Crippen LogP contribution in [0.4, 0.5) is 0 Å². The fourth-order valence-corrected chi connectivity index (χ4v) is 2.36. The van der Waals surface area contributed by atoms with E-state index in [0.29, 0.717) is 5.78 Å². The monoisotopic (exact) mass is 154 g/mol. The number of hydrogen-bond acceptors (Lipinski definition) is 2. The number of carbonyl (C=O) groups excluding carboxylic acids is 1. The number of ether oxygens (including phenoxy) is 1. The molecule has 2 nitrogen and oxygen atoms in total. The molecular formula is C9H14O2. The highest BCUT2D eigenvalue weighted by Crippen LogP contribution is 2.47. The van der Waals surface area contributed by atoms with Gasteiger partial charge in [0, 0.05) is 0 Å². The normalized spacial score (nSPS) is 32.4. The van der Waals surface area contributed by atoms with Crippen molar-refractivity contribution in [1.82, 2.24) is 0 Å². The van der Waals surface area contributed by atoms with Gasteiger partial charge in [0.25, 0.3) is 0 Å². The van der Waals surface area contributed by atoms with Crippen LogP contribution in [-0.4, -0.2) is 17.0 Å². The topological polar surface area (TPSA) is 26.3 Å². The molecular weight excluding hydrogens is 140 g/mol. The molecule has 62 valence electrons. The first-order valence-electron chi connectivity index (χ1n) is 4.32. The summed E-state index contributed by atoms with van der Waals surface area (Å²) in [5, 5.41) is 0. The summed E-state index contributed by atoms with van der Waals surface area (Å²) in [6.45, 7) is 3.72. The maximum Gasteiger partial charge on any atom is 0.195 e. The summed E-state index contributed by atoms with van der Waals surface area (Å²) in [6.07, 6.45) is 4.22. The van der Waals surface area contributed by atoms with Gasteiger partial charge in [-0.1, -0.05) is 0 Å². The lowest BCUT2D eigenvalue weighted by molar-refractivity contribution is -0.226. The molecule has 2 heteroatoms. The zero-order valence-corrected chi connectivity index (χ0v) is 7.14. The highest BCUT2D eigenvalue weighted by molar-refractivity contribution is 5.99. The van der Waals surface area contributed by atoms with E-state index in [9.17, 15) is 4.79 Å². The van der Waals surface area contributed by atoms with E-state index in [-0.39, 0.29) is 5.60 Å². The van der Waals surface area contributed by atoms with Crippen LogP contribution < -0.4 is 0 Å². The van der Waals surface area contributed by atoms with Gasteiger partial charge in [-0.25, -0.2) is 0 Å². The summed E-state index contributed by atoms with van der Waals surface area (Å²) < 4.78 is 5.64. The van der Waals surface area contributed by atoms with Gasteiger partial charge in [0.1, 0.15) is 11.2 Å². The lowest BCUT2D eigenvalue weighted by Crippen LogP contribution is -2.65. The van der Waals surface area contributed by atoms with Crippen LogP contribution >= 0.6 is 0 Å². The minimum atomic E-state index is -0.482. The van der Waals surface area contributed by atoms with Crippen LogP contribution in [0.15, 0.2) is 0 Å². The Morgan fingerprint density at radius 1 is 1.27 bits per heavy atom. The molecule has 0 aromatic heterocycles. The van der Waals surface area contributed by atoms with Crippen molar-refractivity contribution in [3.63, 3.8) is 0 Å². The summed E-state index contributed by atoms with van der Waals surface area (Å²) in [6, 6.07) is 0. The van der Waals surface area contributed by atoms with Crippen LogP contribution in [0.2, 0.25) is 0 Å². The van der Waals surface area contributed by atoms with Crippen LogP contribution in [0.25, 0.3) is 0 Å². The highest BCUT2D eigenvalue weighted by Gasteiger charge is 2.60. The molecule has 0 radical (unpaired) electrons. The van der Waals surface area contributed by atoms with E-state index in [0.717, 1.165) is 25.7 Å². The molecule has 0 amide bonds. The Kier molecular flexibility index (Phi) is 1.23. The zero-order valence-electron chi connectivity index (χ0n) is 7.14. The van der Waals surface area contributed by atoms with E-state index in [1.54, 1.807) is 0 Å². The molecule has 1 aliphatic carbocycles. The molecule has 0 N–H and O–H groups in total. The number of rotatable bonds is 0. The molecule has 1 saturated heterocycles. The second-order valence-corrected chi connectivity index (χ2v) is 4.14. The minimum absolute atomic E-state index is 0.322. The van der Waals surface area contributed by atoms with E-state index in [4.69, 9.17) is 4.74 Å². The molecule has 0 atom stereocenters. The maximum atomic E-state index is 11.6. The summed E-state index contributed by atoms with van der Waals surface area (Å²) in [7, 11) is 0. The van der Waals surface area contributed by atoms with Gasteiger partial charge in [-0.3, -0.25) is 4.79 Å². The molecule has 1 heterocycles. The molecule has 1 spiro atoms. The van der Waals surface area contributed by atoms with Crippen molar-refractivity contribution < 1.29 is 9.53 Å². The highest BCUT2D eigenvalue weighted by atomic mass is 16.6. The van der Waals surface area contributed by atoms with Crippen LogP contribution in [0, 0.1) is 0 Å². The molecule has 0 aromatic rings. The van der Waals surface area contributed by atoms with Gasteiger partial charge in [-0.2, -0.15) is 0 Å². The Morgan fingerprint density at radius 3 is 2.18 bits per heavy atom. The number of Topliss-reactive ketones (excluding diaryl/α,β-unsaturated/α-hetero) is 1. The molecule has 1 saturated carbocycles. The van der Waals surface area contributed by atoms with Crippen LogP contribution in [0.3, 0.4) is 0 Å². The van der Waals surface area contributed by atoms with Gasteiger partial charge in [-0.15, -0.1) is 0 Å². The lowest BCUT2D eigenvalue weighted by Gasteiger charge is -2.49. The van der Waals surface area contributed by atoms with Gasteiger partial charge in [-0.05, 0) is 39.5 Å². The van der Waals surface area contributed by atoms with E-state index < -0.39 is 5.60 Å². The number of ketones is 1. The Morgan fingerprint density at radius 2 is 1.82 bits per heavy atom. The third kappa shape index (κ3) is 0.791. The van der Waals surface area contributed by atoms with E-state index in [2.05, 4.69) is 0 Å². The molecule has 0 unspecified atom stereocenters. The van der Waals surface area contributed by atoms with Crippen molar-refractivity contribution in [3.05, 3.63) is 0 Å². The molecule has 0 bridgehead atoms. The Hall–Kier alpha value is -0.370. The molecule has 11 heavy (non-hydrogen) atoms. The molecule has 2 aliphatic rings. The standard InChI is InChI=1S/C9H14O2/c1-8(2)7(10)9(11-8)5-3-4-6-9/h3-6H2,1-2H3. The van der Waals surface area contributed by atoms with Gasteiger partial charge >= 0.3 is 0 Å². The van der Waals surface area contributed by atoms with E-state index in [1.807, 2.05) is 13.8 Å². The summed E-state index contributed by atoms with van der Waals surface area (Å²) in [5.74, 6) is 0.322. The Bertz CT molecular complexity index is 200. The maximum absolute atomic E-state index is 11.6. The number of hydrogen-bond donors (Lipinski definition) is 0. The molecule has 0 aromatic carbocycles. The van der Waals surface area contributed by atoms with Crippen molar-refractivity contribution in [2.24, 2.45) is 0 Å². The number of carbonyl (C=O) groups is 1. The third-order valence-corrected chi connectivity index (χ3v) is 2.82. The van der Waals surface area contributed by atoms with Gasteiger partial charge in [0.05, 0.1) is 0 Å². The Balaban J connectivity index is 2.16. The molecule has 2 rings (SSSR count). The first-order valence-corrected chi connectivity index (χ1v) is 4.32. The third-order valence-electron chi connectivity index (χ3n) is 2.82. The first-order chi connectivity index (χ1) is 5.07. The van der Waals surface area contributed by atoms with Crippen LogP contribution in [0.5, 0.6) is 0 Å². The smallest absolute Gasteiger partial charge is 0.195 e. The Labute approximate surface area is 66.9 Å². The predicted octanol–water partition coefficient (Wildman–Crippen LogP) is 1.68. The van der Waals surface area contributed by atoms with E-state index >= 15 is 0 Å². The first kappa shape index (κ1) is 7.29. The van der Waals surface area contributed by atoms with Crippen molar-refractivity contribution in [3.8, 4) is 0 Å². The van der Waals surface area contributed by atoms with E-state index in [1.165, 1.54) is 0 Å². The average Bonchev–Trinajstić information content (AvgIpc) is 2.37. The summed E-state index contributed by atoms with van der Waals surface area (Å²) in [5.41, 5.74) is -0.812. The molecule has 2 fully saturated rings. The van der Waals surface area contributed by atoms with Crippen molar-refractivity contribution in [2.75, 3.05) is 0 Å². The second-order valence-electron chi connectivity index (χ2n) is 4.14.